The number of aromatic nitrogens is 1. The lowest BCUT2D eigenvalue weighted by molar-refractivity contribution is 0.0694. The highest BCUT2D eigenvalue weighted by Gasteiger charge is 2.16. The summed E-state index contributed by atoms with van der Waals surface area (Å²) in [6, 6.07) is 9.20. The number of carboxylic acids is 1. The Labute approximate surface area is 125 Å². The Morgan fingerprint density at radius 2 is 2.14 bits per heavy atom. The quantitative estimate of drug-likeness (QED) is 0.781. The SMILES string of the molecule is O=C(O)c1c(OCCc2ccsc2)cnc2ccccc12. The van der Waals surface area contributed by atoms with Gasteiger partial charge in [0.1, 0.15) is 5.56 Å². The third-order valence-electron chi connectivity index (χ3n) is 3.18. The highest BCUT2D eigenvalue weighted by Crippen LogP contribution is 2.26. The van der Waals surface area contributed by atoms with Crippen LogP contribution in [0.15, 0.2) is 47.3 Å². The molecule has 21 heavy (non-hydrogen) atoms. The van der Waals surface area contributed by atoms with E-state index in [1.165, 1.54) is 11.8 Å². The first-order valence-corrected chi connectivity index (χ1v) is 7.45. The summed E-state index contributed by atoms with van der Waals surface area (Å²) in [5, 5.41) is 14.1. The van der Waals surface area contributed by atoms with Crippen molar-refractivity contribution in [2.75, 3.05) is 6.61 Å². The molecule has 0 unspecified atom stereocenters. The fourth-order valence-corrected chi connectivity index (χ4v) is 2.87. The number of ether oxygens (including phenoxy) is 1. The van der Waals surface area contributed by atoms with Gasteiger partial charge in [-0.2, -0.15) is 11.3 Å². The molecule has 0 fully saturated rings. The molecule has 2 aromatic heterocycles. The zero-order valence-corrected chi connectivity index (χ0v) is 12.0. The average molecular weight is 299 g/mol. The molecule has 0 saturated carbocycles. The zero-order chi connectivity index (χ0) is 14.7. The molecule has 0 aliphatic heterocycles. The molecule has 5 heteroatoms. The average Bonchev–Trinajstić information content (AvgIpc) is 3.00. The van der Waals surface area contributed by atoms with Gasteiger partial charge in [-0.3, -0.25) is 4.98 Å². The third kappa shape index (κ3) is 2.87. The van der Waals surface area contributed by atoms with E-state index >= 15 is 0 Å². The van der Waals surface area contributed by atoms with E-state index in [2.05, 4.69) is 10.4 Å². The second kappa shape index (κ2) is 5.93. The first-order valence-electron chi connectivity index (χ1n) is 6.50. The Kier molecular flexibility index (Phi) is 3.83. The van der Waals surface area contributed by atoms with E-state index < -0.39 is 5.97 Å². The lowest BCUT2D eigenvalue weighted by Crippen LogP contribution is -2.07. The van der Waals surface area contributed by atoms with Gasteiger partial charge in [0.05, 0.1) is 18.3 Å². The van der Waals surface area contributed by atoms with Gasteiger partial charge in [-0.1, -0.05) is 18.2 Å². The molecule has 2 heterocycles. The van der Waals surface area contributed by atoms with Crippen molar-refractivity contribution < 1.29 is 14.6 Å². The lowest BCUT2D eigenvalue weighted by atomic mass is 10.1. The maximum Gasteiger partial charge on any atom is 0.340 e. The van der Waals surface area contributed by atoms with Gasteiger partial charge >= 0.3 is 5.97 Å². The van der Waals surface area contributed by atoms with Gasteiger partial charge in [-0.05, 0) is 28.5 Å². The van der Waals surface area contributed by atoms with Crippen molar-refractivity contribution in [3.8, 4) is 5.75 Å². The molecular weight excluding hydrogens is 286 g/mol. The van der Waals surface area contributed by atoms with Crippen LogP contribution in [0.3, 0.4) is 0 Å². The van der Waals surface area contributed by atoms with E-state index in [1.807, 2.05) is 17.5 Å². The molecule has 0 spiro atoms. The minimum Gasteiger partial charge on any atom is -0.491 e. The van der Waals surface area contributed by atoms with Crippen LogP contribution in [0.5, 0.6) is 5.75 Å². The number of hydrogen-bond donors (Lipinski definition) is 1. The van der Waals surface area contributed by atoms with Crippen molar-refractivity contribution in [1.82, 2.24) is 4.98 Å². The minimum atomic E-state index is -1.00. The standard InChI is InChI=1S/C16H13NO3S/c18-16(19)15-12-3-1-2-4-13(12)17-9-14(15)20-7-5-11-6-8-21-10-11/h1-4,6,8-10H,5,7H2,(H,18,19). The summed E-state index contributed by atoms with van der Waals surface area (Å²) in [7, 11) is 0. The van der Waals surface area contributed by atoms with Crippen LogP contribution < -0.4 is 4.74 Å². The largest absolute Gasteiger partial charge is 0.491 e. The van der Waals surface area contributed by atoms with Gasteiger partial charge in [0.15, 0.2) is 5.75 Å². The molecule has 1 aromatic carbocycles. The highest BCUT2D eigenvalue weighted by atomic mass is 32.1. The van der Waals surface area contributed by atoms with E-state index in [4.69, 9.17) is 4.74 Å². The van der Waals surface area contributed by atoms with Crippen molar-refractivity contribution >= 4 is 28.2 Å². The Morgan fingerprint density at radius 3 is 2.90 bits per heavy atom. The van der Waals surface area contributed by atoms with Crippen LogP contribution in [0.25, 0.3) is 10.9 Å². The van der Waals surface area contributed by atoms with Gasteiger partial charge in [0, 0.05) is 11.8 Å². The molecular formula is C16H13NO3S. The molecule has 3 rings (SSSR count). The molecule has 3 aromatic rings. The summed E-state index contributed by atoms with van der Waals surface area (Å²) in [6.07, 6.45) is 2.23. The van der Waals surface area contributed by atoms with E-state index in [9.17, 15) is 9.90 Å². The summed E-state index contributed by atoms with van der Waals surface area (Å²) in [5.74, 6) is -0.685. The van der Waals surface area contributed by atoms with Crippen molar-refractivity contribution in [2.45, 2.75) is 6.42 Å². The molecule has 4 nitrogen and oxygen atoms in total. The second-order valence-corrected chi connectivity index (χ2v) is 5.33. The van der Waals surface area contributed by atoms with Crippen molar-refractivity contribution in [3.05, 3.63) is 58.4 Å². The van der Waals surface area contributed by atoms with E-state index in [0.717, 1.165) is 6.42 Å². The first kappa shape index (κ1) is 13.6. The maximum atomic E-state index is 11.5. The topological polar surface area (TPSA) is 59.4 Å². The number of carbonyl (C=O) groups is 1. The molecule has 0 saturated heterocycles. The monoisotopic (exact) mass is 299 g/mol. The van der Waals surface area contributed by atoms with E-state index in [0.29, 0.717) is 23.3 Å². The van der Waals surface area contributed by atoms with Gasteiger partial charge in [-0.15, -0.1) is 0 Å². The smallest absolute Gasteiger partial charge is 0.340 e. The molecule has 0 aliphatic carbocycles. The molecule has 106 valence electrons. The fraction of sp³-hybridized carbons (Fsp3) is 0.125. The molecule has 0 bridgehead atoms. The van der Waals surface area contributed by atoms with Crippen LogP contribution in [0.2, 0.25) is 0 Å². The third-order valence-corrected chi connectivity index (χ3v) is 3.91. The lowest BCUT2D eigenvalue weighted by Gasteiger charge is -2.10. The zero-order valence-electron chi connectivity index (χ0n) is 11.2. The number of benzene rings is 1. The Hall–Kier alpha value is -2.40. The van der Waals surface area contributed by atoms with Crippen molar-refractivity contribution in [1.29, 1.82) is 0 Å². The molecule has 0 aliphatic rings. The Bertz CT molecular complexity index is 768. The van der Waals surface area contributed by atoms with E-state index in [-0.39, 0.29) is 5.56 Å². The summed E-state index contributed by atoms with van der Waals surface area (Å²) >= 11 is 1.63. The van der Waals surface area contributed by atoms with Crippen molar-refractivity contribution in [2.24, 2.45) is 0 Å². The van der Waals surface area contributed by atoms with Crippen LogP contribution in [0.1, 0.15) is 15.9 Å². The summed E-state index contributed by atoms with van der Waals surface area (Å²) < 4.78 is 5.64. The van der Waals surface area contributed by atoms with Crippen LogP contribution in [-0.2, 0) is 6.42 Å². The van der Waals surface area contributed by atoms with Crippen LogP contribution in [0.4, 0.5) is 0 Å². The number of fused-ring (bicyclic) bond motifs is 1. The summed E-state index contributed by atoms with van der Waals surface area (Å²) in [6.45, 7) is 0.428. The summed E-state index contributed by atoms with van der Waals surface area (Å²) in [4.78, 5) is 15.8. The summed E-state index contributed by atoms with van der Waals surface area (Å²) in [5.41, 5.74) is 2.01. The van der Waals surface area contributed by atoms with Crippen LogP contribution in [-0.4, -0.2) is 22.7 Å². The first-order chi connectivity index (χ1) is 10.3. The number of hydrogen-bond acceptors (Lipinski definition) is 4. The van der Waals surface area contributed by atoms with E-state index in [1.54, 1.807) is 29.5 Å². The normalized spacial score (nSPS) is 10.7. The number of aromatic carboxylic acids is 1. The number of nitrogens with zero attached hydrogens (tertiary/aromatic N) is 1. The number of pyridine rings is 1. The molecule has 0 atom stereocenters. The van der Waals surface area contributed by atoms with Gasteiger partial charge in [0.25, 0.3) is 0 Å². The predicted molar refractivity (Wildman–Crippen MR) is 82.2 cm³/mol. The minimum absolute atomic E-state index is 0.172. The number of carboxylic acid groups (broad SMARTS) is 1. The molecule has 0 amide bonds. The number of para-hydroxylation sites is 1. The number of thiophene rings is 1. The number of rotatable bonds is 5. The highest BCUT2D eigenvalue weighted by molar-refractivity contribution is 7.07. The van der Waals surface area contributed by atoms with Crippen LogP contribution >= 0.6 is 11.3 Å². The second-order valence-electron chi connectivity index (χ2n) is 4.55. The van der Waals surface area contributed by atoms with Gasteiger partial charge in [0.2, 0.25) is 0 Å². The van der Waals surface area contributed by atoms with Gasteiger partial charge < -0.3 is 9.84 Å². The molecule has 0 radical (unpaired) electrons. The molecule has 1 N–H and O–H groups in total. The Balaban J connectivity index is 1.87. The maximum absolute atomic E-state index is 11.5. The fourth-order valence-electron chi connectivity index (χ4n) is 2.17. The van der Waals surface area contributed by atoms with Gasteiger partial charge in [-0.25, -0.2) is 4.79 Å². The Morgan fingerprint density at radius 1 is 1.29 bits per heavy atom. The van der Waals surface area contributed by atoms with Crippen molar-refractivity contribution in [3.63, 3.8) is 0 Å². The predicted octanol–water partition coefficient (Wildman–Crippen LogP) is 3.62. The van der Waals surface area contributed by atoms with Crippen LogP contribution in [0, 0.1) is 0 Å².